The van der Waals surface area contributed by atoms with Crippen molar-refractivity contribution < 1.29 is 23.9 Å². The Morgan fingerprint density at radius 1 is 1.19 bits per heavy atom. The zero-order valence-electron chi connectivity index (χ0n) is 17.7. The van der Waals surface area contributed by atoms with Crippen LogP contribution in [0.25, 0.3) is 15.9 Å². The van der Waals surface area contributed by atoms with Gasteiger partial charge >= 0.3 is 11.9 Å². The van der Waals surface area contributed by atoms with Gasteiger partial charge in [0.15, 0.2) is 4.80 Å². The van der Waals surface area contributed by atoms with Crippen molar-refractivity contribution in [2.24, 2.45) is 4.99 Å². The third kappa shape index (κ3) is 3.92. The maximum Gasteiger partial charge on any atom is 0.338 e. The van der Waals surface area contributed by atoms with Crippen molar-refractivity contribution in [1.82, 2.24) is 14.0 Å². The highest BCUT2D eigenvalue weighted by Crippen LogP contribution is 2.21. The molecule has 0 fully saturated rings. The lowest BCUT2D eigenvalue weighted by atomic mass is 10.2. The summed E-state index contributed by atoms with van der Waals surface area (Å²) in [6.45, 7) is 3.61. The van der Waals surface area contributed by atoms with E-state index in [1.165, 1.54) is 18.4 Å². The maximum atomic E-state index is 13.1. The minimum Gasteiger partial charge on any atom is -0.468 e. The van der Waals surface area contributed by atoms with Gasteiger partial charge in [-0.2, -0.15) is 4.99 Å². The molecule has 0 bridgehead atoms. The molecule has 32 heavy (non-hydrogen) atoms. The number of hydrogen-bond donors (Lipinski definition) is 0. The summed E-state index contributed by atoms with van der Waals surface area (Å²) >= 11 is 1.19. The Labute approximate surface area is 186 Å². The number of hydrogen-bond acceptors (Lipinski definition) is 7. The molecule has 4 aromatic rings. The van der Waals surface area contributed by atoms with Crippen LogP contribution in [0.1, 0.15) is 33.5 Å². The minimum absolute atomic E-state index is 0.131. The number of imidazole rings is 1. The fourth-order valence-electron chi connectivity index (χ4n) is 3.36. The number of aryl methyl sites for hydroxylation is 1. The first-order valence-corrected chi connectivity index (χ1v) is 10.6. The number of pyridine rings is 1. The van der Waals surface area contributed by atoms with Gasteiger partial charge in [0.2, 0.25) is 0 Å². The summed E-state index contributed by atoms with van der Waals surface area (Å²) < 4.78 is 13.8. The van der Waals surface area contributed by atoms with E-state index in [4.69, 9.17) is 9.47 Å². The maximum absolute atomic E-state index is 13.1. The van der Waals surface area contributed by atoms with Crippen molar-refractivity contribution in [2.45, 2.75) is 20.4 Å². The van der Waals surface area contributed by atoms with Gasteiger partial charge in [0, 0.05) is 6.20 Å². The molecule has 0 atom stereocenters. The first-order chi connectivity index (χ1) is 15.4. The molecule has 3 aromatic heterocycles. The van der Waals surface area contributed by atoms with E-state index in [2.05, 4.69) is 9.98 Å². The standard InChI is InChI=1S/C22H20N4O5S/c1-4-31-21(29)14-8-9-15-16(11-14)32-22(26(15)12-18(27)30-3)24-20(28)19-13(2)23-17-7-5-6-10-25(17)19/h5-11H,4,12H2,1-3H3. The fourth-order valence-corrected chi connectivity index (χ4v) is 4.42. The Hall–Kier alpha value is -3.79. The van der Waals surface area contributed by atoms with Gasteiger partial charge in [-0.15, -0.1) is 0 Å². The lowest BCUT2D eigenvalue weighted by molar-refractivity contribution is -0.141. The Bertz CT molecular complexity index is 1430. The molecule has 10 heteroatoms. The topological polar surface area (TPSA) is 104 Å². The number of amides is 1. The van der Waals surface area contributed by atoms with E-state index in [0.717, 1.165) is 0 Å². The zero-order chi connectivity index (χ0) is 22.8. The normalized spacial score (nSPS) is 11.8. The summed E-state index contributed by atoms with van der Waals surface area (Å²) in [7, 11) is 1.29. The Balaban J connectivity index is 1.87. The van der Waals surface area contributed by atoms with E-state index >= 15 is 0 Å². The van der Waals surface area contributed by atoms with E-state index in [9.17, 15) is 14.4 Å². The molecule has 0 unspecified atom stereocenters. The van der Waals surface area contributed by atoms with Gasteiger partial charge in [-0.25, -0.2) is 9.78 Å². The second-order valence-electron chi connectivity index (χ2n) is 6.84. The van der Waals surface area contributed by atoms with Crippen molar-refractivity contribution in [1.29, 1.82) is 0 Å². The largest absolute Gasteiger partial charge is 0.468 e. The van der Waals surface area contributed by atoms with Crippen molar-refractivity contribution in [3.05, 3.63) is 64.3 Å². The predicted molar refractivity (Wildman–Crippen MR) is 118 cm³/mol. The van der Waals surface area contributed by atoms with Crippen LogP contribution >= 0.6 is 11.3 Å². The molecule has 0 saturated carbocycles. The summed E-state index contributed by atoms with van der Waals surface area (Å²) in [5.41, 5.74) is 2.56. The van der Waals surface area contributed by atoms with Gasteiger partial charge in [-0.1, -0.05) is 17.4 Å². The molecular weight excluding hydrogens is 432 g/mol. The average molecular weight is 452 g/mol. The van der Waals surface area contributed by atoms with E-state index in [1.54, 1.807) is 59.3 Å². The van der Waals surface area contributed by atoms with E-state index in [0.29, 0.717) is 37.6 Å². The SMILES string of the molecule is CCOC(=O)c1ccc2c(c1)sc(=NC(=O)c1c(C)nc3ccccn13)n2CC(=O)OC. The van der Waals surface area contributed by atoms with Crippen LogP contribution in [0.2, 0.25) is 0 Å². The summed E-state index contributed by atoms with van der Waals surface area (Å²) in [6.07, 6.45) is 1.75. The van der Waals surface area contributed by atoms with Crippen LogP contribution in [0.5, 0.6) is 0 Å². The fraction of sp³-hybridized carbons (Fsp3) is 0.227. The quantitative estimate of drug-likeness (QED) is 0.431. The molecule has 9 nitrogen and oxygen atoms in total. The van der Waals surface area contributed by atoms with Crippen molar-refractivity contribution in [3.63, 3.8) is 0 Å². The van der Waals surface area contributed by atoms with Crippen LogP contribution in [0.15, 0.2) is 47.6 Å². The van der Waals surface area contributed by atoms with Gasteiger partial charge < -0.3 is 14.0 Å². The van der Waals surface area contributed by atoms with Gasteiger partial charge in [0.1, 0.15) is 17.9 Å². The highest BCUT2D eigenvalue weighted by Gasteiger charge is 2.18. The third-order valence-corrected chi connectivity index (χ3v) is 5.85. The first-order valence-electron chi connectivity index (χ1n) is 9.83. The molecular formula is C22H20N4O5S. The Morgan fingerprint density at radius 2 is 2.00 bits per heavy atom. The number of aromatic nitrogens is 3. The number of esters is 2. The summed E-state index contributed by atoms with van der Waals surface area (Å²) in [4.78, 5) is 46.3. The molecule has 3 heterocycles. The number of ether oxygens (including phenoxy) is 2. The number of rotatable bonds is 5. The van der Waals surface area contributed by atoms with Crippen molar-refractivity contribution >= 4 is 45.0 Å². The number of fused-ring (bicyclic) bond motifs is 2. The Morgan fingerprint density at radius 3 is 2.75 bits per heavy atom. The number of methoxy groups -OCH3 is 1. The van der Waals surface area contributed by atoms with Gasteiger partial charge in [0.25, 0.3) is 5.91 Å². The van der Waals surface area contributed by atoms with Crippen LogP contribution < -0.4 is 4.80 Å². The van der Waals surface area contributed by atoms with Crippen LogP contribution in [0, 0.1) is 6.92 Å². The van der Waals surface area contributed by atoms with Crippen LogP contribution in [-0.2, 0) is 20.8 Å². The number of carbonyl (C=O) groups excluding carboxylic acids is 3. The first kappa shape index (κ1) is 21.4. The number of carbonyl (C=O) groups is 3. The molecule has 0 radical (unpaired) electrons. The highest BCUT2D eigenvalue weighted by atomic mass is 32.1. The second kappa shape index (κ2) is 8.75. The van der Waals surface area contributed by atoms with Crippen molar-refractivity contribution in [3.8, 4) is 0 Å². The van der Waals surface area contributed by atoms with E-state index < -0.39 is 17.8 Å². The van der Waals surface area contributed by atoms with Gasteiger partial charge in [-0.05, 0) is 44.2 Å². The molecule has 0 aliphatic carbocycles. The molecule has 0 spiro atoms. The molecule has 0 N–H and O–H groups in total. The lowest BCUT2D eigenvalue weighted by Crippen LogP contribution is -2.22. The molecule has 0 saturated heterocycles. The zero-order valence-corrected chi connectivity index (χ0v) is 18.5. The third-order valence-electron chi connectivity index (χ3n) is 4.81. The van der Waals surface area contributed by atoms with Gasteiger partial charge in [-0.3, -0.25) is 14.0 Å². The molecule has 164 valence electrons. The van der Waals surface area contributed by atoms with E-state index in [-0.39, 0.29) is 13.2 Å². The average Bonchev–Trinajstić information content (AvgIpc) is 3.29. The molecule has 1 amide bonds. The smallest absolute Gasteiger partial charge is 0.338 e. The second-order valence-corrected chi connectivity index (χ2v) is 7.85. The molecule has 4 rings (SSSR count). The summed E-state index contributed by atoms with van der Waals surface area (Å²) in [6, 6.07) is 10.4. The van der Waals surface area contributed by atoms with E-state index in [1.807, 2.05) is 6.07 Å². The summed E-state index contributed by atoms with van der Waals surface area (Å²) in [5, 5.41) is 0. The van der Waals surface area contributed by atoms with Crippen LogP contribution in [0.4, 0.5) is 0 Å². The number of thiazole rings is 1. The molecule has 1 aromatic carbocycles. The predicted octanol–water partition coefficient (Wildman–Crippen LogP) is 2.75. The number of nitrogens with zero attached hydrogens (tertiary/aromatic N) is 4. The Kier molecular flexibility index (Phi) is 5.87. The highest BCUT2D eigenvalue weighted by molar-refractivity contribution is 7.16. The lowest BCUT2D eigenvalue weighted by Gasteiger charge is -2.05. The molecule has 0 aliphatic heterocycles. The summed E-state index contributed by atoms with van der Waals surface area (Å²) in [5.74, 6) is -1.42. The molecule has 0 aliphatic rings. The van der Waals surface area contributed by atoms with Crippen molar-refractivity contribution in [2.75, 3.05) is 13.7 Å². The number of benzene rings is 1. The minimum atomic E-state index is -0.489. The monoisotopic (exact) mass is 452 g/mol. The van der Waals surface area contributed by atoms with Gasteiger partial charge in [0.05, 0.1) is 35.2 Å². The van der Waals surface area contributed by atoms with Crippen LogP contribution in [0.3, 0.4) is 0 Å². The van der Waals surface area contributed by atoms with Crippen LogP contribution in [-0.4, -0.2) is 45.5 Å².